The van der Waals surface area contributed by atoms with Crippen molar-refractivity contribution < 1.29 is 9.90 Å². The van der Waals surface area contributed by atoms with Gasteiger partial charge >= 0.3 is 0 Å². The second-order valence-corrected chi connectivity index (χ2v) is 6.73. The highest BCUT2D eigenvalue weighted by Crippen LogP contribution is 2.21. The van der Waals surface area contributed by atoms with Crippen molar-refractivity contribution in [2.24, 2.45) is 12.0 Å². The Kier molecular flexibility index (Phi) is 4.67. The van der Waals surface area contributed by atoms with Crippen molar-refractivity contribution in [3.8, 4) is 0 Å². The molecule has 28 heavy (non-hydrogen) atoms. The summed E-state index contributed by atoms with van der Waals surface area (Å²) < 4.78 is 1.76. The minimum absolute atomic E-state index is 0.145. The fourth-order valence-corrected chi connectivity index (χ4v) is 3.22. The number of rotatable bonds is 4. The molecule has 142 valence electrons. The summed E-state index contributed by atoms with van der Waals surface area (Å²) in [5, 5.41) is 18.2. The molecule has 1 fully saturated rings. The third kappa shape index (κ3) is 3.39. The van der Waals surface area contributed by atoms with Crippen LogP contribution in [0.15, 0.2) is 65.4 Å². The Hall–Kier alpha value is -3.45. The topological polar surface area (TPSA) is 82.8 Å². The number of aliphatic hydroxyl groups excluding tert-OH is 1. The number of nitrogens with zero attached hydrogens (tertiary/aromatic N) is 4. The van der Waals surface area contributed by atoms with Crippen LogP contribution in [0.25, 0.3) is 17.0 Å². The van der Waals surface area contributed by atoms with Crippen molar-refractivity contribution >= 4 is 28.8 Å². The molecule has 1 aliphatic rings. The predicted molar refractivity (Wildman–Crippen MR) is 108 cm³/mol. The van der Waals surface area contributed by atoms with Crippen LogP contribution in [0.4, 0.5) is 0 Å². The lowest BCUT2D eigenvalue weighted by Crippen LogP contribution is -2.29. The minimum atomic E-state index is -0.440. The largest absolute Gasteiger partial charge is 0.394 e. The van der Waals surface area contributed by atoms with Crippen molar-refractivity contribution in [1.82, 2.24) is 20.0 Å². The quantitative estimate of drug-likeness (QED) is 0.684. The number of carbonyl (C=O) groups is 1. The number of fused-ring (bicyclic) bond motifs is 1. The van der Waals surface area contributed by atoms with Gasteiger partial charge in [-0.3, -0.25) is 14.4 Å². The van der Waals surface area contributed by atoms with Crippen LogP contribution in [0, 0.1) is 0 Å². The molecule has 2 N–H and O–H groups in total. The predicted octanol–water partition coefficient (Wildman–Crippen LogP) is 2.07. The molecule has 2 aromatic carbocycles. The van der Waals surface area contributed by atoms with Crippen molar-refractivity contribution in [2.45, 2.75) is 6.04 Å². The van der Waals surface area contributed by atoms with Gasteiger partial charge in [-0.05, 0) is 29.3 Å². The number of benzene rings is 2. The first kappa shape index (κ1) is 17.9. The van der Waals surface area contributed by atoms with Crippen LogP contribution in [0.2, 0.25) is 0 Å². The average Bonchev–Trinajstić information content (AvgIpc) is 3.20. The number of aliphatic hydroxyl groups is 1. The maximum absolute atomic E-state index is 12.6. The summed E-state index contributed by atoms with van der Waals surface area (Å²) >= 11 is 0. The average molecular weight is 375 g/mol. The Bertz CT molecular complexity index is 1080. The summed E-state index contributed by atoms with van der Waals surface area (Å²) in [6.07, 6.45) is 3.73. The van der Waals surface area contributed by atoms with Crippen LogP contribution in [0.5, 0.6) is 0 Å². The van der Waals surface area contributed by atoms with E-state index in [9.17, 15) is 9.90 Å². The van der Waals surface area contributed by atoms with Gasteiger partial charge in [0.25, 0.3) is 5.91 Å². The molecule has 0 unspecified atom stereocenters. The standard InChI is InChI=1S/C21H21N5O2/c1-25-12-16-10-14(8-9-17(16)24-25)11-18-20(28)26(2)21(22-18)23-19(13-27)15-6-4-3-5-7-15/h3-12,19,27H,13H2,1-2H3,(H,22,23)/b18-11-/t19-/m1/s1. The zero-order valence-electron chi connectivity index (χ0n) is 15.7. The van der Waals surface area contributed by atoms with E-state index in [1.807, 2.05) is 61.8 Å². The Balaban J connectivity index is 1.63. The summed E-state index contributed by atoms with van der Waals surface area (Å²) in [4.78, 5) is 18.6. The van der Waals surface area contributed by atoms with Gasteiger partial charge in [0.2, 0.25) is 5.96 Å². The van der Waals surface area contributed by atoms with E-state index in [-0.39, 0.29) is 12.5 Å². The molecule has 1 atom stereocenters. The molecule has 0 saturated carbocycles. The number of carbonyl (C=O) groups excluding carboxylic acids is 1. The Labute approximate surface area is 162 Å². The molecule has 3 aromatic rings. The highest BCUT2D eigenvalue weighted by Gasteiger charge is 2.29. The molecule has 4 rings (SSSR count). The van der Waals surface area contributed by atoms with Crippen LogP contribution < -0.4 is 5.32 Å². The molecule has 7 heteroatoms. The van der Waals surface area contributed by atoms with Gasteiger partial charge in [0.05, 0.1) is 12.1 Å². The van der Waals surface area contributed by atoms with Crippen LogP contribution in [-0.4, -0.2) is 45.3 Å². The van der Waals surface area contributed by atoms with Gasteiger partial charge in [-0.25, -0.2) is 4.99 Å². The van der Waals surface area contributed by atoms with Gasteiger partial charge in [-0.2, -0.15) is 5.10 Å². The SMILES string of the molecule is CN1C(=O)/C(=C/c2ccc3nn(C)cc3c2)NC1=N[C@H](CO)c1ccccc1. The summed E-state index contributed by atoms with van der Waals surface area (Å²) in [5.41, 5.74) is 3.13. The van der Waals surface area contributed by atoms with Gasteiger partial charge in [-0.1, -0.05) is 36.4 Å². The lowest BCUT2D eigenvalue weighted by atomic mass is 10.1. The van der Waals surface area contributed by atoms with Gasteiger partial charge in [-0.15, -0.1) is 0 Å². The number of aromatic nitrogens is 2. The minimum Gasteiger partial charge on any atom is -0.394 e. The first-order valence-electron chi connectivity index (χ1n) is 8.99. The smallest absolute Gasteiger partial charge is 0.276 e. The van der Waals surface area contributed by atoms with E-state index in [2.05, 4.69) is 15.4 Å². The molecule has 0 radical (unpaired) electrons. The van der Waals surface area contributed by atoms with E-state index >= 15 is 0 Å². The molecule has 0 bridgehead atoms. The van der Waals surface area contributed by atoms with E-state index in [1.165, 1.54) is 4.90 Å². The third-order valence-corrected chi connectivity index (χ3v) is 4.69. The number of nitrogens with one attached hydrogen (secondary N) is 1. The monoisotopic (exact) mass is 375 g/mol. The Morgan fingerprint density at radius 1 is 1.21 bits per heavy atom. The van der Waals surface area contributed by atoms with E-state index in [1.54, 1.807) is 17.8 Å². The van der Waals surface area contributed by atoms with Crippen LogP contribution in [0.1, 0.15) is 17.2 Å². The van der Waals surface area contributed by atoms with Gasteiger partial charge < -0.3 is 10.4 Å². The van der Waals surface area contributed by atoms with Crippen LogP contribution in [0.3, 0.4) is 0 Å². The summed E-state index contributed by atoms with van der Waals surface area (Å²) in [7, 11) is 3.54. The van der Waals surface area contributed by atoms with Crippen molar-refractivity contribution in [1.29, 1.82) is 0 Å². The van der Waals surface area contributed by atoms with Crippen molar-refractivity contribution in [3.63, 3.8) is 0 Å². The number of hydrogen-bond acceptors (Lipinski definition) is 4. The van der Waals surface area contributed by atoms with Gasteiger partial charge in [0, 0.05) is 25.7 Å². The van der Waals surface area contributed by atoms with E-state index in [0.717, 1.165) is 22.0 Å². The molecule has 7 nitrogen and oxygen atoms in total. The zero-order chi connectivity index (χ0) is 19.7. The molecule has 2 heterocycles. The molecule has 1 aliphatic heterocycles. The van der Waals surface area contributed by atoms with Crippen LogP contribution in [-0.2, 0) is 11.8 Å². The maximum Gasteiger partial charge on any atom is 0.276 e. The highest BCUT2D eigenvalue weighted by atomic mass is 16.3. The zero-order valence-corrected chi connectivity index (χ0v) is 15.7. The van der Waals surface area contributed by atoms with E-state index in [4.69, 9.17) is 0 Å². The highest BCUT2D eigenvalue weighted by molar-refractivity contribution is 6.15. The van der Waals surface area contributed by atoms with Crippen molar-refractivity contribution in [3.05, 3.63) is 71.6 Å². The number of aliphatic imine (C=N–C) groups is 1. The van der Waals surface area contributed by atoms with Crippen molar-refractivity contribution in [2.75, 3.05) is 13.7 Å². The van der Waals surface area contributed by atoms with E-state index in [0.29, 0.717) is 11.7 Å². The van der Waals surface area contributed by atoms with Gasteiger partial charge in [0.1, 0.15) is 11.7 Å². The number of hydrogen-bond donors (Lipinski definition) is 2. The second kappa shape index (κ2) is 7.28. The van der Waals surface area contributed by atoms with Gasteiger partial charge in [0.15, 0.2) is 0 Å². The first-order valence-corrected chi connectivity index (χ1v) is 8.99. The third-order valence-electron chi connectivity index (χ3n) is 4.69. The number of amides is 1. The Morgan fingerprint density at radius 2 is 2.00 bits per heavy atom. The molecule has 0 aliphatic carbocycles. The molecule has 0 spiro atoms. The summed E-state index contributed by atoms with van der Waals surface area (Å²) in [6, 6.07) is 14.9. The fraction of sp³-hybridized carbons (Fsp3) is 0.190. The lowest BCUT2D eigenvalue weighted by Gasteiger charge is -2.13. The molecule has 1 aromatic heterocycles. The van der Waals surface area contributed by atoms with Crippen LogP contribution >= 0.6 is 0 Å². The Morgan fingerprint density at radius 3 is 2.75 bits per heavy atom. The first-order chi connectivity index (χ1) is 13.5. The molecular formula is C21H21N5O2. The normalized spacial score (nSPS) is 18.2. The van der Waals surface area contributed by atoms with E-state index < -0.39 is 6.04 Å². The number of likely N-dealkylation sites (N-methyl/N-ethyl adjacent to an activating group) is 1. The summed E-state index contributed by atoms with van der Waals surface area (Å²) in [5.74, 6) is 0.247. The molecule has 1 amide bonds. The maximum atomic E-state index is 12.6. The number of guanidine groups is 1. The molecular weight excluding hydrogens is 354 g/mol. The summed E-state index contributed by atoms with van der Waals surface area (Å²) in [6.45, 7) is -0.145. The second-order valence-electron chi connectivity index (χ2n) is 6.73. The molecule has 1 saturated heterocycles. The number of aryl methyl sites for hydroxylation is 1. The lowest BCUT2D eigenvalue weighted by molar-refractivity contribution is -0.121. The fourth-order valence-electron chi connectivity index (χ4n) is 3.22.